The molecule has 0 aromatic heterocycles. The van der Waals surface area contributed by atoms with Crippen LogP contribution in [0.3, 0.4) is 0 Å². The lowest BCUT2D eigenvalue weighted by Crippen LogP contribution is -2.49. The number of rotatable bonds is 3. The van der Waals surface area contributed by atoms with Gasteiger partial charge >= 0.3 is 0 Å². The van der Waals surface area contributed by atoms with Crippen molar-refractivity contribution in [1.29, 1.82) is 0 Å². The normalized spacial score (nSPS) is 29.4. The Hall–Kier alpha value is -0.130. The Bertz CT molecular complexity index is 275. The van der Waals surface area contributed by atoms with Crippen LogP contribution < -0.4 is 10.0 Å². The SMILES string of the molecule is CC1CNCCC1NS(=O)(=O)C(C)C. The minimum absolute atomic E-state index is 0.101. The highest BCUT2D eigenvalue weighted by atomic mass is 32.2. The average molecular weight is 220 g/mol. The van der Waals surface area contributed by atoms with Gasteiger partial charge in [-0.15, -0.1) is 0 Å². The summed E-state index contributed by atoms with van der Waals surface area (Å²) in [5.41, 5.74) is 0. The Morgan fingerprint density at radius 3 is 2.57 bits per heavy atom. The van der Waals surface area contributed by atoms with Gasteiger partial charge in [0.1, 0.15) is 0 Å². The fourth-order valence-electron chi connectivity index (χ4n) is 1.54. The lowest BCUT2D eigenvalue weighted by Gasteiger charge is -2.30. The van der Waals surface area contributed by atoms with Gasteiger partial charge in [0, 0.05) is 6.04 Å². The first-order valence-electron chi connectivity index (χ1n) is 5.15. The van der Waals surface area contributed by atoms with Crippen molar-refractivity contribution in [3.05, 3.63) is 0 Å². The predicted molar refractivity (Wildman–Crippen MR) is 57.6 cm³/mol. The molecule has 1 aliphatic heterocycles. The second kappa shape index (κ2) is 4.59. The molecule has 2 atom stereocenters. The van der Waals surface area contributed by atoms with Crippen molar-refractivity contribution in [1.82, 2.24) is 10.0 Å². The summed E-state index contributed by atoms with van der Waals surface area (Å²) in [4.78, 5) is 0. The van der Waals surface area contributed by atoms with E-state index in [0.717, 1.165) is 19.5 Å². The molecule has 0 bridgehead atoms. The van der Waals surface area contributed by atoms with Crippen LogP contribution in [0.15, 0.2) is 0 Å². The molecule has 1 saturated heterocycles. The van der Waals surface area contributed by atoms with Gasteiger partial charge in [0.2, 0.25) is 10.0 Å². The van der Waals surface area contributed by atoms with Crippen LogP contribution in [0.4, 0.5) is 0 Å². The molecule has 0 aromatic rings. The topological polar surface area (TPSA) is 58.2 Å². The number of sulfonamides is 1. The van der Waals surface area contributed by atoms with Crippen LogP contribution in [-0.2, 0) is 10.0 Å². The Labute approximate surface area is 86.5 Å². The zero-order valence-electron chi connectivity index (χ0n) is 9.08. The highest BCUT2D eigenvalue weighted by molar-refractivity contribution is 7.90. The summed E-state index contributed by atoms with van der Waals surface area (Å²) in [6.07, 6.45) is 0.882. The molecule has 0 aliphatic carbocycles. The van der Waals surface area contributed by atoms with Crippen LogP contribution >= 0.6 is 0 Å². The highest BCUT2D eigenvalue weighted by Crippen LogP contribution is 2.12. The van der Waals surface area contributed by atoms with E-state index in [4.69, 9.17) is 0 Å². The molecule has 0 radical (unpaired) electrons. The summed E-state index contributed by atoms with van der Waals surface area (Å²) in [7, 11) is -3.11. The fraction of sp³-hybridized carbons (Fsp3) is 1.00. The first-order chi connectivity index (χ1) is 6.43. The van der Waals surface area contributed by atoms with E-state index in [2.05, 4.69) is 17.0 Å². The van der Waals surface area contributed by atoms with E-state index in [-0.39, 0.29) is 11.3 Å². The quantitative estimate of drug-likeness (QED) is 0.720. The van der Waals surface area contributed by atoms with Gasteiger partial charge in [-0.1, -0.05) is 6.92 Å². The average Bonchev–Trinajstić information content (AvgIpc) is 2.08. The molecule has 2 unspecified atom stereocenters. The van der Waals surface area contributed by atoms with Gasteiger partial charge in [0.15, 0.2) is 0 Å². The smallest absolute Gasteiger partial charge is 0.214 e. The number of hydrogen-bond donors (Lipinski definition) is 2. The molecule has 14 heavy (non-hydrogen) atoms. The van der Waals surface area contributed by atoms with Gasteiger partial charge in [-0.3, -0.25) is 0 Å². The maximum atomic E-state index is 11.6. The van der Waals surface area contributed by atoms with Gasteiger partial charge in [-0.2, -0.15) is 0 Å². The van der Waals surface area contributed by atoms with Crippen molar-refractivity contribution in [2.24, 2.45) is 5.92 Å². The Morgan fingerprint density at radius 2 is 2.07 bits per heavy atom. The van der Waals surface area contributed by atoms with Crippen molar-refractivity contribution in [2.75, 3.05) is 13.1 Å². The van der Waals surface area contributed by atoms with Crippen LogP contribution in [0.1, 0.15) is 27.2 Å². The second-order valence-corrected chi connectivity index (χ2v) is 6.56. The molecule has 1 fully saturated rings. The summed E-state index contributed by atoms with van der Waals surface area (Å²) in [6.45, 7) is 7.27. The third-order valence-corrected chi connectivity index (χ3v) is 4.59. The van der Waals surface area contributed by atoms with E-state index < -0.39 is 10.0 Å². The molecule has 1 heterocycles. The lowest BCUT2D eigenvalue weighted by atomic mass is 9.97. The zero-order chi connectivity index (χ0) is 10.8. The van der Waals surface area contributed by atoms with E-state index in [9.17, 15) is 8.42 Å². The van der Waals surface area contributed by atoms with E-state index in [0.29, 0.717) is 5.92 Å². The maximum Gasteiger partial charge on any atom is 0.214 e. The summed E-state index contributed by atoms with van der Waals surface area (Å²) >= 11 is 0. The molecule has 5 heteroatoms. The van der Waals surface area contributed by atoms with Crippen LogP contribution in [0.25, 0.3) is 0 Å². The zero-order valence-corrected chi connectivity index (χ0v) is 9.89. The molecule has 1 rings (SSSR count). The monoisotopic (exact) mass is 220 g/mol. The third-order valence-electron chi connectivity index (χ3n) is 2.72. The minimum atomic E-state index is -3.11. The van der Waals surface area contributed by atoms with Gasteiger partial charge in [-0.05, 0) is 39.3 Å². The Balaban J connectivity index is 2.58. The van der Waals surface area contributed by atoms with Crippen molar-refractivity contribution < 1.29 is 8.42 Å². The summed E-state index contributed by atoms with van der Waals surface area (Å²) in [5.74, 6) is 0.372. The largest absolute Gasteiger partial charge is 0.316 e. The molecule has 0 spiro atoms. The standard InChI is InChI=1S/C9H20N2O2S/c1-7(2)14(12,13)11-9-4-5-10-6-8(9)3/h7-11H,4-6H2,1-3H3. The van der Waals surface area contributed by atoms with Crippen LogP contribution in [0, 0.1) is 5.92 Å². The predicted octanol–water partition coefficient (Wildman–Crippen LogP) is 0.312. The number of nitrogens with one attached hydrogen (secondary N) is 2. The first-order valence-corrected chi connectivity index (χ1v) is 6.70. The molecule has 0 saturated carbocycles. The second-order valence-electron chi connectivity index (χ2n) is 4.29. The molecule has 0 amide bonds. The van der Waals surface area contributed by atoms with E-state index in [1.54, 1.807) is 13.8 Å². The van der Waals surface area contributed by atoms with Crippen LogP contribution in [0.2, 0.25) is 0 Å². The van der Waals surface area contributed by atoms with Gasteiger partial charge in [0.25, 0.3) is 0 Å². The van der Waals surface area contributed by atoms with Crippen molar-refractivity contribution >= 4 is 10.0 Å². The van der Waals surface area contributed by atoms with Crippen molar-refractivity contribution in [3.63, 3.8) is 0 Å². The maximum absolute atomic E-state index is 11.6. The first kappa shape index (κ1) is 11.9. The third kappa shape index (κ3) is 2.93. The molecule has 4 nitrogen and oxygen atoms in total. The summed E-state index contributed by atoms with van der Waals surface area (Å²) in [5, 5.41) is 2.90. The van der Waals surface area contributed by atoms with Crippen LogP contribution in [-0.4, -0.2) is 32.8 Å². The highest BCUT2D eigenvalue weighted by Gasteiger charge is 2.26. The van der Waals surface area contributed by atoms with Crippen molar-refractivity contribution in [3.8, 4) is 0 Å². The van der Waals surface area contributed by atoms with Crippen LogP contribution in [0.5, 0.6) is 0 Å². The molecular weight excluding hydrogens is 200 g/mol. The summed E-state index contributed by atoms with van der Waals surface area (Å²) < 4.78 is 26.0. The Kier molecular flexibility index (Phi) is 3.92. The van der Waals surface area contributed by atoms with E-state index in [1.165, 1.54) is 0 Å². The van der Waals surface area contributed by atoms with Gasteiger partial charge in [0.05, 0.1) is 5.25 Å². The number of hydrogen-bond acceptors (Lipinski definition) is 3. The minimum Gasteiger partial charge on any atom is -0.316 e. The molecule has 1 aliphatic rings. The van der Waals surface area contributed by atoms with E-state index in [1.807, 2.05) is 0 Å². The Morgan fingerprint density at radius 1 is 1.43 bits per heavy atom. The lowest BCUT2D eigenvalue weighted by molar-refractivity contribution is 0.327. The molecular formula is C9H20N2O2S. The molecule has 84 valence electrons. The molecule has 0 aromatic carbocycles. The van der Waals surface area contributed by atoms with E-state index >= 15 is 0 Å². The van der Waals surface area contributed by atoms with Gasteiger partial charge < -0.3 is 5.32 Å². The number of piperidine rings is 1. The van der Waals surface area contributed by atoms with Gasteiger partial charge in [-0.25, -0.2) is 13.1 Å². The molecule has 2 N–H and O–H groups in total. The summed E-state index contributed by atoms with van der Waals surface area (Å²) in [6, 6.07) is 0.101. The van der Waals surface area contributed by atoms with Crippen molar-refractivity contribution in [2.45, 2.75) is 38.5 Å². The fourth-order valence-corrected chi connectivity index (χ4v) is 2.58.